The number of aromatic nitrogens is 1. The Hall–Kier alpha value is -3.91. The lowest BCUT2D eigenvalue weighted by Gasteiger charge is -2.24. The third-order valence-electron chi connectivity index (χ3n) is 6.04. The van der Waals surface area contributed by atoms with Crippen molar-refractivity contribution >= 4 is 56.3 Å². The van der Waals surface area contributed by atoms with Crippen molar-refractivity contribution in [3.63, 3.8) is 0 Å². The van der Waals surface area contributed by atoms with E-state index in [9.17, 15) is 9.59 Å². The minimum Gasteiger partial charge on any atom is -0.493 e. The molecule has 2 aromatic heterocycles. The number of thiazole rings is 1. The number of terminal acetylenes is 1. The molecule has 10 heteroatoms. The fraction of sp³-hybridized carbons (Fsp3) is 0.167. The molecule has 3 heterocycles. The topological polar surface area (TPSA) is 79.1 Å². The summed E-state index contributed by atoms with van der Waals surface area (Å²) in [5.41, 5.74) is 2.03. The molecule has 2 aromatic carbocycles. The molecule has 1 atom stereocenters. The van der Waals surface area contributed by atoms with Crippen LogP contribution in [0.15, 0.2) is 79.8 Å². The predicted octanol–water partition coefficient (Wildman–Crippen LogP) is 4.78. The van der Waals surface area contributed by atoms with Gasteiger partial charge in [0.25, 0.3) is 5.56 Å². The van der Waals surface area contributed by atoms with Crippen molar-refractivity contribution in [3.8, 4) is 23.8 Å². The fourth-order valence-corrected chi connectivity index (χ4v) is 6.78. The lowest BCUT2D eigenvalue weighted by Crippen LogP contribution is -2.39. The first kappa shape index (κ1) is 27.6. The number of rotatable bonds is 8. The highest BCUT2D eigenvalue weighted by Crippen LogP contribution is 2.38. The van der Waals surface area contributed by atoms with Crippen molar-refractivity contribution < 1.29 is 19.0 Å². The lowest BCUT2D eigenvalue weighted by molar-refractivity contribution is -0.138. The summed E-state index contributed by atoms with van der Waals surface area (Å²) >= 11 is 6.24. The number of carbonyl (C=O) groups is 1. The normalized spacial score (nSPS) is 14.8. The Morgan fingerprint density at radius 1 is 1.23 bits per heavy atom. The molecule has 0 fully saturated rings. The van der Waals surface area contributed by atoms with Crippen LogP contribution in [0.5, 0.6) is 11.5 Å². The highest BCUT2D eigenvalue weighted by atomic mass is 79.9. The van der Waals surface area contributed by atoms with Gasteiger partial charge in [-0.25, -0.2) is 9.79 Å². The number of hydrogen-bond donors (Lipinski definition) is 0. The van der Waals surface area contributed by atoms with E-state index in [1.165, 1.54) is 29.8 Å². The quantitative estimate of drug-likeness (QED) is 0.206. The van der Waals surface area contributed by atoms with Gasteiger partial charge in [-0.05, 0) is 58.1 Å². The van der Waals surface area contributed by atoms with Crippen molar-refractivity contribution in [3.05, 3.63) is 106 Å². The Kier molecular flexibility index (Phi) is 8.35. The third-order valence-corrected chi connectivity index (χ3v) is 8.53. The summed E-state index contributed by atoms with van der Waals surface area (Å²) in [7, 11) is 1.53. The van der Waals surface area contributed by atoms with Gasteiger partial charge in [0.1, 0.15) is 12.6 Å². The molecule has 0 radical (unpaired) electrons. The summed E-state index contributed by atoms with van der Waals surface area (Å²) in [6.07, 6.45) is 7.11. The van der Waals surface area contributed by atoms with Crippen LogP contribution in [0, 0.1) is 12.3 Å². The zero-order valence-electron chi connectivity index (χ0n) is 21.5. The molecule has 0 spiro atoms. The van der Waals surface area contributed by atoms with Crippen molar-refractivity contribution in [2.45, 2.75) is 13.0 Å². The van der Waals surface area contributed by atoms with Crippen LogP contribution >= 0.6 is 38.6 Å². The second-order valence-corrected chi connectivity index (χ2v) is 11.3. The molecule has 0 saturated carbocycles. The third kappa shape index (κ3) is 5.28. The first-order chi connectivity index (χ1) is 19.5. The van der Waals surface area contributed by atoms with Crippen molar-refractivity contribution in [2.24, 2.45) is 4.99 Å². The number of carbonyl (C=O) groups excluding carboxylic acids is 1. The van der Waals surface area contributed by atoms with Crippen LogP contribution in [-0.2, 0) is 9.53 Å². The molecule has 1 aliphatic rings. The van der Waals surface area contributed by atoms with E-state index in [0.29, 0.717) is 42.1 Å². The smallest absolute Gasteiger partial charge is 0.338 e. The Bertz CT molecular complexity index is 1820. The molecule has 0 bridgehead atoms. The number of benzene rings is 2. The second kappa shape index (κ2) is 12.1. The molecule has 0 N–H and O–H groups in total. The number of hydrogen-bond acceptors (Lipinski definition) is 8. The maximum absolute atomic E-state index is 14.0. The number of methoxy groups -OCH3 is 1. The summed E-state index contributed by atoms with van der Waals surface area (Å²) in [4.78, 5) is 33.6. The van der Waals surface area contributed by atoms with Crippen LogP contribution in [0.2, 0.25) is 0 Å². The summed E-state index contributed by atoms with van der Waals surface area (Å²) < 4.78 is 19.3. The zero-order valence-corrected chi connectivity index (χ0v) is 24.8. The molecule has 4 aromatic rings. The van der Waals surface area contributed by atoms with Gasteiger partial charge in [0.2, 0.25) is 0 Å². The van der Waals surface area contributed by atoms with Crippen molar-refractivity contribution in [1.82, 2.24) is 4.57 Å². The first-order valence-corrected chi connectivity index (χ1v) is 14.7. The van der Waals surface area contributed by atoms with Gasteiger partial charge in [-0.15, -0.1) is 17.8 Å². The van der Waals surface area contributed by atoms with Gasteiger partial charge < -0.3 is 14.2 Å². The monoisotopic (exact) mass is 634 g/mol. The van der Waals surface area contributed by atoms with Gasteiger partial charge in [-0.2, -0.15) is 0 Å². The zero-order chi connectivity index (χ0) is 28.2. The number of nitrogens with zero attached hydrogens (tertiary/aromatic N) is 2. The van der Waals surface area contributed by atoms with Gasteiger partial charge >= 0.3 is 5.97 Å². The fourth-order valence-electron chi connectivity index (χ4n) is 4.38. The van der Waals surface area contributed by atoms with E-state index in [0.717, 1.165) is 10.4 Å². The Morgan fingerprint density at radius 2 is 2.02 bits per heavy atom. The lowest BCUT2D eigenvalue weighted by atomic mass is 9.97. The number of halogens is 1. The number of fused-ring (bicyclic) bond motifs is 1. The minimum atomic E-state index is -0.687. The molecule has 40 heavy (non-hydrogen) atoms. The number of thiophene rings is 1. The van der Waals surface area contributed by atoms with Gasteiger partial charge in [-0.3, -0.25) is 9.36 Å². The average Bonchev–Trinajstić information content (AvgIpc) is 3.60. The SMILES string of the molecule is C#CCOc1c(Br)cc(/C=c2\sc3n(c2=O)[C@H](c2cccs2)C(C(=O)OCC)=C(c2ccccc2)N=3)cc1OC. The molecule has 0 amide bonds. The standard InChI is InChI=1S/C30H23BrN2O5S2/c1-4-13-38-27-20(31)15-18(16-21(27)36-3)17-23-28(34)33-26(22-12-9-14-39-22)24(29(35)37-5-2)25(32-30(33)40-23)19-10-7-6-8-11-19/h1,6-12,14-17,26H,5,13H2,2-3H3/b23-17-/t26-/m1/s1. The Balaban J connectivity index is 1.74. The molecule has 0 saturated heterocycles. The van der Waals surface area contributed by atoms with Crippen LogP contribution in [0.4, 0.5) is 0 Å². The molecular formula is C30H23BrN2O5S2. The van der Waals surface area contributed by atoms with E-state index in [1.54, 1.807) is 23.6 Å². The van der Waals surface area contributed by atoms with E-state index in [1.807, 2.05) is 53.9 Å². The van der Waals surface area contributed by atoms with Crippen LogP contribution < -0.4 is 24.4 Å². The van der Waals surface area contributed by atoms with Gasteiger partial charge in [-0.1, -0.05) is 53.7 Å². The van der Waals surface area contributed by atoms with E-state index >= 15 is 0 Å². The second-order valence-electron chi connectivity index (χ2n) is 8.47. The molecule has 202 valence electrons. The number of ether oxygens (including phenoxy) is 3. The molecular weight excluding hydrogens is 612 g/mol. The van der Waals surface area contributed by atoms with E-state index in [2.05, 4.69) is 21.9 Å². The summed E-state index contributed by atoms with van der Waals surface area (Å²) in [6.45, 7) is 2.04. The highest BCUT2D eigenvalue weighted by molar-refractivity contribution is 9.10. The van der Waals surface area contributed by atoms with E-state index in [-0.39, 0.29) is 18.8 Å². The predicted molar refractivity (Wildman–Crippen MR) is 160 cm³/mol. The summed E-state index contributed by atoms with van der Waals surface area (Å²) in [6, 6.07) is 16.2. The average molecular weight is 636 g/mol. The molecule has 1 aliphatic heterocycles. The van der Waals surface area contributed by atoms with E-state index < -0.39 is 12.0 Å². The summed E-state index contributed by atoms with van der Waals surface area (Å²) in [5.74, 6) is 2.88. The van der Waals surface area contributed by atoms with Crippen molar-refractivity contribution in [1.29, 1.82) is 0 Å². The van der Waals surface area contributed by atoms with E-state index in [4.69, 9.17) is 25.6 Å². The molecule has 0 unspecified atom stereocenters. The van der Waals surface area contributed by atoms with Crippen LogP contribution in [0.3, 0.4) is 0 Å². The highest BCUT2D eigenvalue weighted by Gasteiger charge is 2.35. The maximum Gasteiger partial charge on any atom is 0.338 e. The van der Waals surface area contributed by atoms with Gasteiger partial charge in [0.15, 0.2) is 16.3 Å². The van der Waals surface area contributed by atoms with Gasteiger partial charge in [0, 0.05) is 10.4 Å². The van der Waals surface area contributed by atoms with Crippen LogP contribution in [0.25, 0.3) is 11.8 Å². The molecule has 5 rings (SSSR count). The first-order valence-electron chi connectivity index (χ1n) is 12.2. The van der Waals surface area contributed by atoms with Crippen LogP contribution in [-0.4, -0.2) is 30.9 Å². The molecule has 7 nitrogen and oxygen atoms in total. The summed E-state index contributed by atoms with van der Waals surface area (Å²) in [5, 5.41) is 1.92. The van der Waals surface area contributed by atoms with Gasteiger partial charge in [0.05, 0.1) is 34.0 Å². The van der Waals surface area contributed by atoms with Crippen molar-refractivity contribution in [2.75, 3.05) is 20.3 Å². The number of esters is 1. The largest absolute Gasteiger partial charge is 0.493 e. The molecule has 0 aliphatic carbocycles. The Labute approximate surface area is 246 Å². The van der Waals surface area contributed by atoms with Crippen LogP contribution in [0.1, 0.15) is 29.0 Å². The Morgan fingerprint density at radius 3 is 2.70 bits per heavy atom. The maximum atomic E-state index is 14.0. The minimum absolute atomic E-state index is 0.0855.